The zero-order valence-electron chi connectivity index (χ0n) is 12.7. The minimum absolute atomic E-state index is 0.0392. The highest BCUT2D eigenvalue weighted by molar-refractivity contribution is 5.85. The van der Waals surface area contributed by atoms with Crippen LogP contribution in [0.25, 0.3) is 0 Å². The van der Waals surface area contributed by atoms with E-state index in [0.717, 1.165) is 18.4 Å². The second kappa shape index (κ2) is 6.74. The van der Waals surface area contributed by atoms with Crippen molar-refractivity contribution >= 4 is 11.9 Å². The van der Waals surface area contributed by atoms with E-state index in [1.807, 2.05) is 38.1 Å². The molecule has 1 amide bonds. The number of carbonyl (C=O) groups is 2. The van der Waals surface area contributed by atoms with Crippen molar-refractivity contribution in [1.82, 2.24) is 4.90 Å². The highest BCUT2D eigenvalue weighted by atomic mass is 16.4. The normalized spacial score (nSPS) is 20.1. The predicted octanol–water partition coefficient (Wildman–Crippen LogP) is 2.64. The summed E-state index contributed by atoms with van der Waals surface area (Å²) in [6.45, 7) is 4.48. The molecule has 1 aliphatic rings. The molecule has 1 aromatic rings. The van der Waals surface area contributed by atoms with Crippen molar-refractivity contribution in [2.45, 2.75) is 45.6 Å². The molecule has 0 aromatic heterocycles. The SMILES string of the molecule is Cc1ccc(CC(C)C(=O)N2CCCCC2C(=O)O)cc1. The summed E-state index contributed by atoms with van der Waals surface area (Å²) >= 11 is 0. The van der Waals surface area contributed by atoms with Crippen molar-refractivity contribution in [1.29, 1.82) is 0 Å². The molecule has 1 aromatic carbocycles. The summed E-state index contributed by atoms with van der Waals surface area (Å²) in [6.07, 6.45) is 3.00. The monoisotopic (exact) mass is 289 g/mol. The number of carboxylic acids is 1. The summed E-state index contributed by atoms with van der Waals surface area (Å²) in [6, 6.07) is 7.49. The van der Waals surface area contributed by atoms with Gasteiger partial charge in [0.25, 0.3) is 0 Å². The smallest absolute Gasteiger partial charge is 0.326 e. The molecule has 1 fully saturated rings. The lowest BCUT2D eigenvalue weighted by atomic mass is 9.95. The molecule has 1 heterocycles. The molecule has 2 unspecified atom stereocenters. The Hall–Kier alpha value is -1.84. The average Bonchev–Trinajstić information content (AvgIpc) is 2.48. The van der Waals surface area contributed by atoms with E-state index < -0.39 is 12.0 Å². The molecule has 0 aliphatic carbocycles. The number of hydrogen-bond donors (Lipinski definition) is 1. The molecule has 2 atom stereocenters. The summed E-state index contributed by atoms with van der Waals surface area (Å²) in [5, 5.41) is 9.27. The van der Waals surface area contributed by atoms with Crippen molar-refractivity contribution in [3.05, 3.63) is 35.4 Å². The van der Waals surface area contributed by atoms with Crippen LogP contribution in [0, 0.1) is 12.8 Å². The highest BCUT2D eigenvalue weighted by Gasteiger charge is 2.33. The quantitative estimate of drug-likeness (QED) is 0.927. The largest absolute Gasteiger partial charge is 0.480 e. The van der Waals surface area contributed by atoms with Crippen LogP contribution in [0.3, 0.4) is 0 Å². The van der Waals surface area contributed by atoms with Gasteiger partial charge in [-0.05, 0) is 38.2 Å². The zero-order chi connectivity index (χ0) is 15.4. The first kappa shape index (κ1) is 15.5. The van der Waals surface area contributed by atoms with E-state index in [4.69, 9.17) is 0 Å². The Kier molecular flexibility index (Phi) is 4.99. The first-order valence-electron chi connectivity index (χ1n) is 7.58. The Morgan fingerprint density at radius 3 is 2.57 bits per heavy atom. The molecular formula is C17H23NO3. The number of nitrogens with zero attached hydrogens (tertiary/aromatic N) is 1. The lowest BCUT2D eigenvalue weighted by Crippen LogP contribution is -2.50. The van der Waals surface area contributed by atoms with Gasteiger partial charge in [0.15, 0.2) is 0 Å². The Morgan fingerprint density at radius 2 is 1.95 bits per heavy atom. The third-order valence-corrected chi connectivity index (χ3v) is 4.16. The number of aliphatic carboxylic acids is 1. The fourth-order valence-corrected chi connectivity index (χ4v) is 2.90. The van der Waals surface area contributed by atoms with Crippen molar-refractivity contribution in [3.63, 3.8) is 0 Å². The predicted molar refractivity (Wildman–Crippen MR) is 81.0 cm³/mol. The molecule has 1 saturated heterocycles. The van der Waals surface area contributed by atoms with Crippen LogP contribution in [0.4, 0.5) is 0 Å². The minimum atomic E-state index is -0.884. The Morgan fingerprint density at radius 1 is 1.29 bits per heavy atom. The van der Waals surface area contributed by atoms with Gasteiger partial charge in [-0.25, -0.2) is 4.79 Å². The standard InChI is InChI=1S/C17H23NO3/c1-12-6-8-14(9-7-12)11-13(2)16(19)18-10-4-3-5-15(18)17(20)21/h6-9,13,15H,3-5,10-11H2,1-2H3,(H,20,21). The van der Waals surface area contributed by atoms with Gasteiger partial charge in [0.1, 0.15) is 6.04 Å². The van der Waals surface area contributed by atoms with Crippen LogP contribution in [0.1, 0.15) is 37.3 Å². The fraction of sp³-hybridized carbons (Fsp3) is 0.529. The number of rotatable bonds is 4. The Labute approximate surface area is 125 Å². The topological polar surface area (TPSA) is 57.6 Å². The van der Waals surface area contributed by atoms with Gasteiger partial charge in [-0.3, -0.25) is 4.79 Å². The number of hydrogen-bond acceptors (Lipinski definition) is 2. The van der Waals surface area contributed by atoms with Gasteiger partial charge in [-0.15, -0.1) is 0 Å². The second-order valence-electron chi connectivity index (χ2n) is 5.97. The van der Waals surface area contributed by atoms with Crippen LogP contribution in [0.5, 0.6) is 0 Å². The van der Waals surface area contributed by atoms with E-state index in [1.54, 1.807) is 4.90 Å². The van der Waals surface area contributed by atoms with Crippen LogP contribution in [-0.4, -0.2) is 34.5 Å². The maximum atomic E-state index is 12.5. The Bertz CT molecular complexity index is 509. The number of piperidine rings is 1. The van der Waals surface area contributed by atoms with E-state index in [9.17, 15) is 14.7 Å². The van der Waals surface area contributed by atoms with Gasteiger partial charge in [-0.1, -0.05) is 36.8 Å². The summed E-state index contributed by atoms with van der Waals surface area (Å²) in [5.41, 5.74) is 2.31. The molecule has 114 valence electrons. The summed E-state index contributed by atoms with van der Waals surface area (Å²) in [4.78, 5) is 25.4. The molecule has 1 aliphatic heterocycles. The number of likely N-dealkylation sites (tertiary alicyclic amines) is 1. The molecule has 2 rings (SSSR count). The van der Waals surface area contributed by atoms with Crippen LogP contribution in [0.2, 0.25) is 0 Å². The summed E-state index contributed by atoms with van der Waals surface area (Å²) in [7, 11) is 0. The van der Waals surface area contributed by atoms with Crippen molar-refractivity contribution in [2.24, 2.45) is 5.92 Å². The maximum absolute atomic E-state index is 12.5. The van der Waals surface area contributed by atoms with E-state index in [0.29, 0.717) is 19.4 Å². The Balaban J connectivity index is 2.03. The van der Waals surface area contributed by atoms with Crippen molar-refractivity contribution in [3.8, 4) is 0 Å². The fourth-order valence-electron chi connectivity index (χ4n) is 2.90. The first-order valence-corrected chi connectivity index (χ1v) is 7.58. The summed E-state index contributed by atoms with van der Waals surface area (Å²) < 4.78 is 0. The molecule has 0 radical (unpaired) electrons. The van der Waals surface area contributed by atoms with E-state index in [2.05, 4.69) is 0 Å². The van der Waals surface area contributed by atoms with Crippen LogP contribution < -0.4 is 0 Å². The molecule has 21 heavy (non-hydrogen) atoms. The number of benzene rings is 1. The number of aryl methyl sites for hydroxylation is 1. The van der Waals surface area contributed by atoms with E-state index >= 15 is 0 Å². The molecule has 0 saturated carbocycles. The third kappa shape index (κ3) is 3.84. The minimum Gasteiger partial charge on any atom is -0.480 e. The number of carbonyl (C=O) groups excluding carboxylic acids is 1. The summed E-state index contributed by atoms with van der Waals surface area (Å²) in [5.74, 6) is -1.11. The van der Waals surface area contributed by atoms with Crippen LogP contribution in [0.15, 0.2) is 24.3 Å². The van der Waals surface area contributed by atoms with Gasteiger partial charge in [0.2, 0.25) is 5.91 Å². The second-order valence-corrected chi connectivity index (χ2v) is 5.97. The third-order valence-electron chi connectivity index (χ3n) is 4.16. The molecule has 1 N–H and O–H groups in total. The number of amides is 1. The molecular weight excluding hydrogens is 266 g/mol. The van der Waals surface area contributed by atoms with Crippen molar-refractivity contribution in [2.75, 3.05) is 6.54 Å². The molecule has 0 bridgehead atoms. The first-order chi connectivity index (χ1) is 9.99. The van der Waals surface area contributed by atoms with Gasteiger partial charge in [-0.2, -0.15) is 0 Å². The van der Waals surface area contributed by atoms with Gasteiger partial charge in [0, 0.05) is 12.5 Å². The molecule has 4 nitrogen and oxygen atoms in total. The lowest BCUT2D eigenvalue weighted by Gasteiger charge is -2.34. The zero-order valence-corrected chi connectivity index (χ0v) is 12.7. The maximum Gasteiger partial charge on any atom is 0.326 e. The van der Waals surface area contributed by atoms with Crippen molar-refractivity contribution < 1.29 is 14.7 Å². The van der Waals surface area contributed by atoms with Gasteiger partial charge < -0.3 is 10.0 Å². The van der Waals surface area contributed by atoms with Gasteiger partial charge in [0.05, 0.1) is 0 Å². The average molecular weight is 289 g/mol. The van der Waals surface area contributed by atoms with E-state index in [-0.39, 0.29) is 11.8 Å². The highest BCUT2D eigenvalue weighted by Crippen LogP contribution is 2.21. The van der Waals surface area contributed by atoms with Crippen LogP contribution >= 0.6 is 0 Å². The molecule has 4 heteroatoms. The lowest BCUT2D eigenvalue weighted by molar-refractivity contribution is -0.153. The van der Waals surface area contributed by atoms with E-state index in [1.165, 1.54) is 5.56 Å². The van der Waals surface area contributed by atoms with Crippen LogP contribution in [-0.2, 0) is 16.0 Å². The molecule has 0 spiro atoms. The number of carboxylic acid groups (broad SMARTS) is 1. The van der Waals surface area contributed by atoms with Gasteiger partial charge >= 0.3 is 5.97 Å².